The summed E-state index contributed by atoms with van der Waals surface area (Å²) in [5.41, 5.74) is 6.20. The number of rotatable bonds is 6. The molecule has 5 nitrogen and oxygen atoms in total. The zero-order valence-electron chi connectivity index (χ0n) is 12.6. The molecule has 1 atom stereocenters. The van der Waals surface area contributed by atoms with Gasteiger partial charge in [0.1, 0.15) is 0 Å². The Balaban J connectivity index is 2.12. The predicted octanol–water partition coefficient (Wildman–Crippen LogP) is 1.89. The first-order valence-electron chi connectivity index (χ1n) is 7.44. The number of anilines is 1. The third-order valence-corrected chi connectivity index (χ3v) is 3.87. The highest BCUT2D eigenvalue weighted by atomic mass is 16.2. The van der Waals surface area contributed by atoms with Crippen LogP contribution in [0.5, 0.6) is 0 Å². The lowest BCUT2D eigenvalue weighted by molar-refractivity contribution is -0.121. The molecule has 21 heavy (non-hydrogen) atoms. The quantitative estimate of drug-likeness (QED) is 0.747. The van der Waals surface area contributed by atoms with E-state index in [0.29, 0.717) is 17.8 Å². The summed E-state index contributed by atoms with van der Waals surface area (Å²) in [6.07, 6.45) is 2.83. The van der Waals surface area contributed by atoms with Crippen LogP contribution in [0.1, 0.15) is 43.5 Å². The molecule has 0 heterocycles. The van der Waals surface area contributed by atoms with Crippen LogP contribution in [0, 0.1) is 5.92 Å². The van der Waals surface area contributed by atoms with Crippen LogP contribution in [0.25, 0.3) is 0 Å². The van der Waals surface area contributed by atoms with Gasteiger partial charge in [-0.05, 0) is 44.2 Å². The summed E-state index contributed by atoms with van der Waals surface area (Å²) in [4.78, 5) is 24.4. The van der Waals surface area contributed by atoms with E-state index in [9.17, 15) is 9.59 Å². The van der Waals surface area contributed by atoms with Gasteiger partial charge in [-0.2, -0.15) is 0 Å². The van der Waals surface area contributed by atoms with Crippen molar-refractivity contribution in [2.45, 2.75) is 38.6 Å². The Morgan fingerprint density at radius 1 is 1.33 bits per heavy atom. The van der Waals surface area contributed by atoms with Crippen molar-refractivity contribution in [1.82, 2.24) is 5.32 Å². The molecule has 4 N–H and O–H groups in total. The fraction of sp³-hybridized carbons (Fsp3) is 0.500. The monoisotopic (exact) mass is 289 g/mol. The van der Waals surface area contributed by atoms with Gasteiger partial charge in [0.05, 0.1) is 16.8 Å². The average Bonchev–Trinajstić information content (AvgIpc) is 3.30. The Kier molecular flexibility index (Phi) is 4.63. The fourth-order valence-electron chi connectivity index (χ4n) is 2.25. The molecule has 0 saturated heterocycles. The van der Waals surface area contributed by atoms with Gasteiger partial charge in [0.15, 0.2) is 0 Å². The third kappa shape index (κ3) is 3.61. The summed E-state index contributed by atoms with van der Waals surface area (Å²) in [7, 11) is 0. The van der Waals surface area contributed by atoms with Gasteiger partial charge in [-0.25, -0.2) is 0 Å². The molecule has 2 amide bonds. The maximum Gasteiger partial charge on any atom is 0.253 e. The molecule has 1 aromatic rings. The maximum atomic E-state index is 12.3. The van der Waals surface area contributed by atoms with E-state index in [4.69, 9.17) is 5.73 Å². The van der Waals surface area contributed by atoms with Gasteiger partial charge in [-0.1, -0.05) is 19.1 Å². The van der Waals surface area contributed by atoms with E-state index in [2.05, 4.69) is 10.6 Å². The van der Waals surface area contributed by atoms with Crippen molar-refractivity contribution in [3.05, 3.63) is 29.8 Å². The molecule has 0 radical (unpaired) electrons. The second-order valence-corrected chi connectivity index (χ2v) is 5.81. The molecule has 2 rings (SSSR count). The summed E-state index contributed by atoms with van der Waals surface area (Å²) in [6.45, 7) is 4.35. The zero-order chi connectivity index (χ0) is 15.5. The summed E-state index contributed by atoms with van der Waals surface area (Å²) in [5.74, 6) is -0.183. The Bertz CT molecular complexity index is 536. The van der Waals surface area contributed by atoms with Crippen molar-refractivity contribution in [2.24, 2.45) is 11.7 Å². The number of hydrogen-bond donors (Lipinski definition) is 3. The Hall–Kier alpha value is -1.88. The first-order valence-corrected chi connectivity index (χ1v) is 7.44. The van der Waals surface area contributed by atoms with E-state index in [1.54, 1.807) is 31.2 Å². The van der Waals surface area contributed by atoms with Crippen LogP contribution in [-0.2, 0) is 4.79 Å². The van der Waals surface area contributed by atoms with E-state index in [1.807, 2.05) is 6.92 Å². The number of benzene rings is 1. The molecular formula is C16H23N3O2. The van der Waals surface area contributed by atoms with Gasteiger partial charge < -0.3 is 16.4 Å². The minimum absolute atomic E-state index is 0.183. The van der Waals surface area contributed by atoms with Crippen molar-refractivity contribution in [3.63, 3.8) is 0 Å². The number of para-hydroxylation sites is 1. The number of amides is 2. The average molecular weight is 289 g/mol. The summed E-state index contributed by atoms with van der Waals surface area (Å²) in [5, 5.41) is 5.62. The van der Waals surface area contributed by atoms with Crippen LogP contribution in [0.4, 0.5) is 5.69 Å². The molecule has 0 aliphatic heterocycles. The zero-order valence-corrected chi connectivity index (χ0v) is 12.6. The van der Waals surface area contributed by atoms with Gasteiger partial charge in [0.25, 0.3) is 5.91 Å². The SMILES string of the molecule is CCCNC(=O)c1ccccc1NC(=O)C(C)(N)C1CC1. The highest BCUT2D eigenvalue weighted by molar-refractivity contribution is 6.05. The third-order valence-electron chi connectivity index (χ3n) is 3.87. The molecular weight excluding hydrogens is 266 g/mol. The minimum atomic E-state index is -0.882. The molecule has 5 heteroatoms. The van der Waals surface area contributed by atoms with E-state index in [-0.39, 0.29) is 17.7 Å². The summed E-state index contributed by atoms with van der Waals surface area (Å²) < 4.78 is 0. The second-order valence-electron chi connectivity index (χ2n) is 5.81. The van der Waals surface area contributed by atoms with Crippen LogP contribution in [0.3, 0.4) is 0 Å². The second kappa shape index (κ2) is 6.26. The highest BCUT2D eigenvalue weighted by Crippen LogP contribution is 2.38. The fourth-order valence-corrected chi connectivity index (χ4v) is 2.25. The molecule has 1 aromatic carbocycles. The van der Waals surface area contributed by atoms with Crippen molar-refractivity contribution in [3.8, 4) is 0 Å². The molecule has 1 aliphatic rings. The lowest BCUT2D eigenvalue weighted by Crippen LogP contribution is -2.50. The van der Waals surface area contributed by atoms with Crippen molar-refractivity contribution < 1.29 is 9.59 Å². The predicted molar refractivity (Wildman–Crippen MR) is 83.0 cm³/mol. The molecule has 1 saturated carbocycles. The summed E-state index contributed by atoms with van der Waals surface area (Å²) in [6, 6.07) is 6.99. The molecule has 0 aromatic heterocycles. The summed E-state index contributed by atoms with van der Waals surface area (Å²) >= 11 is 0. The maximum absolute atomic E-state index is 12.3. The van der Waals surface area contributed by atoms with Gasteiger partial charge in [0, 0.05) is 6.54 Å². The van der Waals surface area contributed by atoms with Crippen molar-refractivity contribution in [1.29, 1.82) is 0 Å². The first kappa shape index (κ1) is 15.5. The van der Waals surface area contributed by atoms with Gasteiger partial charge in [0.2, 0.25) is 5.91 Å². The molecule has 1 unspecified atom stereocenters. The first-order chi connectivity index (χ1) is 9.96. The topological polar surface area (TPSA) is 84.2 Å². The normalized spacial score (nSPS) is 16.9. The molecule has 0 bridgehead atoms. The number of nitrogens with one attached hydrogen (secondary N) is 2. The molecule has 1 aliphatic carbocycles. The van der Waals surface area contributed by atoms with Gasteiger partial charge in [-0.15, -0.1) is 0 Å². The molecule has 114 valence electrons. The number of carbonyl (C=O) groups is 2. The van der Waals surface area contributed by atoms with Crippen LogP contribution in [0.2, 0.25) is 0 Å². The van der Waals surface area contributed by atoms with Crippen LogP contribution in [-0.4, -0.2) is 23.9 Å². The Labute approximate surface area is 125 Å². The number of nitrogens with two attached hydrogens (primary N) is 1. The molecule has 1 fully saturated rings. The lowest BCUT2D eigenvalue weighted by atomic mass is 9.96. The Morgan fingerprint density at radius 3 is 2.62 bits per heavy atom. The van der Waals surface area contributed by atoms with E-state index in [1.165, 1.54) is 0 Å². The highest BCUT2D eigenvalue weighted by Gasteiger charge is 2.44. The van der Waals surface area contributed by atoms with E-state index in [0.717, 1.165) is 19.3 Å². The molecule has 0 spiro atoms. The van der Waals surface area contributed by atoms with Crippen molar-refractivity contribution >= 4 is 17.5 Å². The minimum Gasteiger partial charge on any atom is -0.352 e. The lowest BCUT2D eigenvalue weighted by Gasteiger charge is -2.23. The standard InChI is InChI=1S/C16H23N3O2/c1-3-10-18-14(20)12-6-4-5-7-13(12)19-15(21)16(2,17)11-8-9-11/h4-7,11H,3,8-10,17H2,1-2H3,(H,18,20)(H,19,21). The largest absolute Gasteiger partial charge is 0.352 e. The smallest absolute Gasteiger partial charge is 0.253 e. The van der Waals surface area contributed by atoms with E-state index >= 15 is 0 Å². The Morgan fingerprint density at radius 2 is 2.00 bits per heavy atom. The van der Waals surface area contributed by atoms with Crippen molar-refractivity contribution in [2.75, 3.05) is 11.9 Å². The van der Waals surface area contributed by atoms with Gasteiger partial charge in [-0.3, -0.25) is 9.59 Å². The van der Waals surface area contributed by atoms with Gasteiger partial charge >= 0.3 is 0 Å². The van der Waals surface area contributed by atoms with Crippen LogP contribution < -0.4 is 16.4 Å². The number of carbonyl (C=O) groups excluding carboxylic acids is 2. The van der Waals surface area contributed by atoms with Crippen LogP contribution in [0.15, 0.2) is 24.3 Å². The van der Waals surface area contributed by atoms with Crippen LogP contribution >= 0.6 is 0 Å². The number of hydrogen-bond acceptors (Lipinski definition) is 3. The van der Waals surface area contributed by atoms with E-state index < -0.39 is 5.54 Å².